The van der Waals surface area contributed by atoms with E-state index in [2.05, 4.69) is 43.5 Å². The summed E-state index contributed by atoms with van der Waals surface area (Å²) in [5.41, 5.74) is 1.14. The number of halogens is 2. The van der Waals surface area contributed by atoms with E-state index in [9.17, 15) is 0 Å². The fourth-order valence-corrected chi connectivity index (χ4v) is 4.22. The van der Waals surface area contributed by atoms with Crippen molar-refractivity contribution in [2.24, 2.45) is 0 Å². The van der Waals surface area contributed by atoms with E-state index in [1.807, 2.05) is 0 Å². The average molecular weight is 406 g/mol. The van der Waals surface area contributed by atoms with Crippen molar-refractivity contribution in [2.45, 2.75) is 12.8 Å². The van der Waals surface area contributed by atoms with E-state index in [0.717, 1.165) is 31.9 Å². The minimum atomic E-state index is 0.665. The normalized spacial score (nSPS) is 10.9. The van der Waals surface area contributed by atoms with Crippen molar-refractivity contribution in [3.8, 4) is 0 Å². The molecule has 1 heterocycles. The fourth-order valence-electron chi connectivity index (χ4n) is 1.05. The van der Waals surface area contributed by atoms with Crippen molar-refractivity contribution in [1.29, 1.82) is 0 Å². The maximum Gasteiger partial charge on any atom is 0.155 e. The van der Waals surface area contributed by atoms with Crippen molar-refractivity contribution in [3.05, 3.63) is 12.5 Å². The van der Waals surface area contributed by atoms with Crippen LogP contribution in [0.2, 0.25) is 0 Å². The zero-order valence-corrected chi connectivity index (χ0v) is 13.0. The molecule has 0 N–H and O–H groups in total. The molecule has 1 aromatic heterocycles. The van der Waals surface area contributed by atoms with Gasteiger partial charge in [0.2, 0.25) is 0 Å². The highest BCUT2D eigenvalue weighted by Gasteiger charge is 2.06. The fraction of sp³-hybridized carbons (Fsp3) is 0.667. The molecule has 1 rings (SSSR count). The quantitative estimate of drug-likeness (QED) is 0.516. The zero-order valence-electron chi connectivity index (χ0n) is 8.46. The first-order valence-corrected chi connectivity index (χ1v) is 7.30. The molecule has 0 atom stereocenters. The predicted molar refractivity (Wildman–Crippen MR) is 73.5 cm³/mol. The van der Waals surface area contributed by atoms with Crippen LogP contribution in [-0.4, -0.2) is 31.9 Å². The highest BCUT2D eigenvalue weighted by atomic mass is 127. The molecule has 0 unspecified atom stereocenters. The summed E-state index contributed by atoms with van der Waals surface area (Å²) < 4.78 is 12.5. The van der Waals surface area contributed by atoms with Crippen molar-refractivity contribution >= 4 is 49.9 Å². The maximum absolute atomic E-state index is 5.38. The number of aryl methyl sites for hydroxylation is 1. The van der Waals surface area contributed by atoms with E-state index in [0.29, 0.717) is 13.2 Å². The number of aromatic nitrogens is 1. The van der Waals surface area contributed by atoms with Gasteiger partial charge in [0.05, 0.1) is 22.7 Å². The predicted octanol–water partition coefficient (Wildman–Crippen LogP) is 3.11. The molecule has 0 spiro atoms. The van der Waals surface area contributed by atoms with Gasteiger partial charge < -0.3 is 9.47 Å². The standard InChI is InChI=1S/C9H13BrINO2S/c1-13-5-6-14-4-2-3-7-8(10)15-9(11)12-7/h2-6H2,1H3. The summed E-state index contributed by atoms with van der Waals surface area (Å²) in [7, 11) is 1.68. The van der Waals surface area contributed by atoms with Crippen LogP contribution in [0.1, 0.15) is 12.1 Å². The molecule has 0 aliphatic rings. The van der Waals surface area contributed by atoms with Crippen LogP contribution in [0.4, 0.5) is 0 Å². The minimum absolute atomic E-state index is 0.665. The van der Waals surface area contributed by atoms with Crippen LogP contribution in [0.25, 0.3) is 0 Å². The van der Waals surface area contributed by atoms with E-state index >= 15 is 0 Å². The second-order valence-electron chi connectivity index (χ2n) is 2.90. The Bertz CT molecular complexity index is 296. The van der Waals surface area contributed by atoms with Gasteiger partial charge in [-0.2, -0.15) is 0 Å². The molecule has 1 aromatic rings. The van der Waals surface area contributed by atoms with Crippen molar-refractivity contribution in [1.82, 2.24) is 4.98 Å². The van der Waals surface area contributed by atoms with E-state index in [1.54, 1.807) is 18.4 Å². The van der Waals surface area contributed by atoms with Gasteiger partial charge in [0.15, 0.2) is 3.01 Å². The summed E-state index contributed by atoms with van der Waals surface area (Å²) in [5, 5.41) is 0. The summed E-state index contributed by atoms with van der Waals surface area (Å²) in [5.74, 6) is 0. The van der Waals surface area contributed by atoms with Crippen LogP contribution < -0.4 is 0 Å². The Hall–Kier alpha value is 0.760. The van der Waals surface area contributed by atoms with Crippen molar-refractivity contribution in [2.75, 3.05) is 26.9 Å². The molecule has 0 aliphatic carbocycles. The molecular weight excluding hydrogens is 393 g/mol. The topological polar surface area (TPSA) is 31.4 Å². The van der Waals surface area contributed by atoms with Crippen LogP contribution >= 0.6 is 49.9 Å². The van der Waals surface area contributed by atoms with E-state index < -0.39 is 0 Å². The van der Waals surface area contributed by atoms with Crippen molar-refractivity contribution in [3.63, 3.8) is 0 Å². The SMILES string of the molecule is COCCOCCCc1nc(I)sc1Br. The lowest BCUT2D eigenvalue weighted by Gasteiger charge is -2.02. The number of methoxy groups -OCH3 is 1. The highest BCUT2D eigenvalue weighted by Crippen LogP contribution is 2.26. The number of hydrogen-bond donors (Lipinski definition) is 0. The van der Waals surface area contributed by atoms with Gasteiger partial charge in [0, 0.05) is 13.7 Å². The number of thiazole rings is 1. The molecule has 0 bridgehead atoms. The highest BCUT2D eigenvalue weighted by molar-refractivity contribution is 14.1. The lowest BCUT2D eigenvalue weighted by molar-refractivity contribution is 0.0695. The van der Waals surface area contributed by atoms with E-state index in [1.165, 1.54) is 0 Å². The molecule has 0 amide bonds. The first-order valence-electron chi connectivity index (χ1n) is 4.61. The lowest BCUT2D eigenvalue weighted by Crippen LogP contribution is -2.04. The molecule has 0 aliphatic heterocycles. The van der Waals surface area contributed by atoms with Gasteiger partial charge in [-0.1, -0.05) is 0 Å². The Kier molecular flexibility index (Phi) is 7.32. The van der Waals surface area contributed by atoms with Gasteiger partial charge in [-0.25, -0.2) is 4.98 Å². The van der Waals surface area contributed by atoms with Gasteiger partial charge in [-0.15, -0.1) is 11.3 Å². The molecular formula is C9H13BrINO2S. The summed E-state index contributed by atoms with van der Waals surface area (Å²) in [6, 6.07) is 0. The third kappa shape index (κ3) is 5.58. The van der Waals surface area contributed by atoms with Crippen LogP contribution in [-0.2, 0) is 15.9 Å². The Labute approximate surface area is 116 Å². The van der Waals surface area contributed by atoms with Gasteiger partial charge in [0.1, 0.15) is 0 Å². The van der Waals surface area contributed by atoms with Gasteiger partial charge in [0.25, 0.3) is 0 Å². The summed E-state index contributed by atoms with van der Waals surface area (Å²) in [4.78, 5) is 4.42. The number of ether oxygens (including phenoxy) is 2. The van der Waals surface area contributed by atoms with Crippen LogP contribution in [0.5, 0.6) is 0 Å². The molecule has 0 saturated heterocycles. The summed E-state index contributed by atoms with van der Waals surface area (Å²) >= 11 is 7.41. The molecule has 0 fully saturated rings. The number of rotatable bonds is 7. The van der Waals surface area contributed by atoms with Crippen LogP contribution in [0.3, 0.4) is 0 Å². The Morgan fingerprint density at radius 3 is 2.80 bits per heavy atom. The molecule has 0 radical (unpaired) electrons. The number of hydrogen-bond acceptors (Lipinski definition) is 4. The van der Waals surface area contributed by atoms with E-state index in [4.69, 9.17) is 9.47 Å². The van der Waals surface area contributed by atoms with Gasteiger partial charge in [-0.3, -0.25) is 0 Å². The summed E-state index contributed by atoms with van der Waals surface area (Å²) in [6.07, 6.45) is 1.97. The molecule has 3 nitrogen and oxygen atoms in total. The zero-order chi connectivity index (χ0) is 11.1. The second-order valence-corrected chi connectivity index (χ2v) is 6.97. The largest absolute Gasteiger partial charge is 0.382 e. The third-order valence-electron chi connectivity index (χ3n) is 1.76. The summed E-state index contributed by atoms with van der Waals surface area (Å²) in [6.45, 7) is 2.11. The first-order chi connectivity index (χ1) is 7.24. The molecule has 6 heteroatoms. The molecule has 0 aromatic carbocycles. The second kappa shape index (κ2) is 7.94. The molecule has 0 saturated carbocycles. The van der Waals surface area contributed by atoms with Gasteiger partial charge >= 0.3 is 0 Å². The first kappa shape index (κ1) is 13.8. The Balaban J connectivity index is 2.12. The minimum Gasteiger partial charge on any atom is -0.382 e. The van der Waals surface area contributed by atoms with Crippen molar-refractivity contribution < 1.29 is 9.47 Å². The molecule has 15 heavy (non-hydrogen) atoms. The monoisotopic (exact) mass is 405 g/mol. The Morgan fingerprint density at radius 1 is 1.40 bits per heavy atom. The van der Waals surface area contributed by atoms with E-state index in [-0.39, 0.29) is 0 Å². The Morgan fingerprint density at radius 2 is 2.20 bits per heavy atom. The lowest BCUT2D eigenvalue weighted by atomic mass is 10.3. The number of nitrogens with zero attached hydrogens (tertiary/aromatic N) is 1. The molecule has 86 valence electrons. The maximum atomic E-state index is 5.38. The van der Waals surface area contributed by atoms with Crippen LogP contribution in [0, 0.1) is 3.01 Å². The third-order valence-corrected chi connectivity index (χ3v) is 4.28. The smallest absolute Gasteiger partial charge is 0.155 e. The van der Waals surface area contributed by atoms with Crippen LogP contribution in [0.15, 0.2) is 3.79 Å². The average Bonchev–Trinajstić information content (AvgIpc) is 2.51. The van der Waals surface area contributed by atoms with Gasteiger partial charge in [-0.05, 0) is 51.4 Å².